The van der Waals surface area contributed by atoms with Crippen LogP contribution in [0.4, 0.5) is 0 Å². The number of nitrogens with one attached hydrogen (secondary N) is 1. The van der Waals surface area contributed by atoms with Gasteiger partial charge < -0.3 is 20.1 Å². The third-order valence-corrected chi connectivity index (χ3v) is 9.60. The van der Waals surface area contributed by atoms with E-state index >= 15 is 0 Å². The van der Waals surface area contributed by atoms with Gasteiger partial charge in [0.15, 0.2) is 0 Å². The molecule has 0 fully saturated rings. The lowest BCUT2D eigenvalue weighted by molar-refractivity contribution is -0.147. The summed E-state index contributed by atoms with van der Waals surface area (Å²) >= 11 is 0. The lowest BCUT2D eigenvalue weighted by Gasteiger charge is -2.15. The zero-order chi connectivity index (χ0) is 36.8. The number of aliphatic hydroxyl groups excluding tert-OH is 1. The van der Waals surface area contributed by atoms with Crippen molar-refractivity contribution in [1.29, 1.82) is 0 Å². The number of hydrogen-bond donors (Lipinski definition) is 3. The van der Waals surface area contributed by atoms with E-state index in [-0.39, 0.29) is 32.1 Å². The number of hydrogen-bond acceptors (Lipinski definition) is 7. The second-order valence-corrected chi connectivity index (χ2v) is 15.1. The lowest BCUT2D eigenvalue weighted by Crippen LogP contribution is -2.27. The van der Waals surface area contributed by atoms with Gasteiger partial charge in [0, 0.05) is 19.4 Å². The molecular formula is C40H76NO8P. The average molecular weight is 730 g/mol. The molecule has 2 unspecified atom stereocenters. The summed E-state index contributed by atoms with van der Waals surface area (Å²) in [6.07, 6.45) is 38.2. The van der Waals surface area contributed by atoms with Gasteiger partial charge in [-0.25, -0.2) is 4.57 Å². The van der Waals surface area contributed by atoms with Crippen molar-refractivity contribution in [2.45, 2.75) is 193 Å². The molecule has 0 radical (unpaired) electrons. The molecule has 0 aromatic carbocycles. The first-order chi connectivity index (χ1) is 24.3. The quantitative estimate of drug-likeness (QED) is 0.0248. The summed E-state index contributed by atoms with van der Waals surface area (Å²) in [5.41, 5.74) is 0. The molecule has 50 heavy (non-hydrogen) atoms. The van der Waals surface area contributed by atoms with E-state index in [0.29, 0.717) is 6.42 Å². The molecular weight excluding hydrogens is 653 g/mol. The minimum absolute atomic E-state index is 0.0832. The van der Waals surface area contributed by atoms with E-state index in [2.05, 4.69) is 43.5 Å². The molecule has 0 aliphatic rings. The van der Waals surface area contributed by atoms with E-state index in [1.807, 2.05) is 0 Å². The van der Waals surface area contributed by atoms with Gasteiger partial charge in [-0.1, -0.05) is 160 Å². The van der Waals surface area contributed by atoms with Crippen molar-refractivity contribution in [3.8, 4) is 0 Å². The van der Waals surface area contributed by atoms with Crippen LogP contribution >= 0.6 is 7.82 Å². The van der Waals surface area contributed by atoms with Crippen molar-refractivity contribution in [3.63, 3.8) is 0 Å². The van der Waals surface area contributed by atoms with Crippen molar-refractivity contribution >= 4 is 19.7 Å². The van der Waals surface area contributed by atoms with Crippen molar-refractivity contribution in [2.24, 2.45) is 0 Å². The number of carbonyl (C=O) groups is 2. The fourth-order valence-electron chi connectivity index (χ4n) is 5.54. The van der Waals surface area contributed by atoms with Crippen LogP contribution < -0.4 is 5.32 Å². The Balaban J connectivity index is 3.60. The number of carbonyl (C=O) groups excluding carboxylic acids is 2. The lowest BCUT2D eigenvalue weighted by atomic mass is 10.0. The van der Waals surface area contributed by atoms with Crippen LogP contribution in [0.5, 0.6) is 0 Å². The van der Waals surface area contributed by atoms with Gasteiger partial charge in [-0.15, -0.1) is 0 Å². The van der Waals surface area contributed by atoms with Crippen LogP contribution in [0.1, 0.15) is 187 Å². The number of rotatable bonds is 38. The fourth-order valence-corrected chi connectivity index (χ4v) is 6.29. The Morgan fingerprint density at radius 1 is 0.620 bits per heavy atom. The Bertz CT molecular complexity index is 881. The van der Waals surface area contributed by atoms with Crippen LogP contribution in [0.25, 0.3) is 0 Å². The molecule has 3 N–H and O–H groups in total. The zero-order valence-corrected chi connectivity index (χ0v) is 33.0. The second kappa shape index (κ2) is 37.3. The third-order valence-electron chi connectivity index (χ3n) is 8.62. The van der Waals surface area contributed by atoms with Crippen molar-refractivity contribution in [3.05, 3.63) is 24.3 Å². The van der Waals surface area contributed by atoms with E-state index in [1.54, 1.807) is 0 Å². The topological polar surface area (TPSA) is 131 Å². The maximum Gasteiger partial charge on any atom is 0.472 e. The fraction of sp³-hybridized carbons (Fsp3) is 0.850. The van der Waals surface area contributed by atoms with Gasteiger partial charge in [-0.05, 0) is 38.5 Å². The molecule has 0 saturated carbocycles. The maximum atomic E-state index is 12.1. The molecule has 0 bridgehead atoms. The van der Waals surface area contributed by atoms with Gasteiger partial charge >= 0.3 is 13.8 Å². The van der Waals surface area contributed by atoms with Crippen LogP contribution in [-0.4, -0.2) is 54.3 Å². The molecule has 0 spiro atoms. The summed E-state index contributed by atoms with van der Waals surface area (Å²) in [7, 11) is -4.41. The number of phosphoric acid groups is 1. The summed E-state index contributed by atoms with van der Waals surface area (Å²) in [6, 6.07) is 0. The van der Waals surface area contributed by atoms with Crippen LogP contribution in [0.2, 0.25) is 0 Å². The highest BCUT2D eigenvalue weighted by Gasteiger charge is 2.23. The van der Waals surface area contributed by atoms with E-state index in [4.69, 9.17) is 13.8 Å². The van der Waals surface area contributed by atoms with E-state index < -0.39 is 26.5 Å². The smallest absolute Gasteiger partial charge is 0.463 e. The Labute approximate surface area is 306 Å². The number of phosphoric ester groups is 1. The van der Waals surface area contributed by atoms with E-state index in [1.165, 1.54) is 89.9 Å². The van der Waals surface area contributed by atoms with E-state index in [0.717, 1.165) is 70.6 Å². The van der Waals surface area contributed by atoms with Gasteiger partial charge in [0.05, 0.1) is 13.2 Å². The van der Waals surface area contributed by atoms with Crippen molar-refractivity contribution < 1.29 is 37.9 Å². The summed E-state index contributed by atoms with van der Waals surface area (Å²) in [4.78, 5) is 33.8. The van der Waals surface area contributed by atoms with Gasteiger partial charge in [0.25, 0.3) is 0 Å². The molecule has 0 aliphatic carbocycles. The highest BCUT2D eigenvalue weighted by atomic mass is 31.2. The predicted octanol–water partition coefficient (Wildman–Crippen LogP) is 10.8. The number of unbranched alkanes of at least 4 members (excludes halogenated alkanes) is 21. The van der Waals surface area contributed by atoms with Crippen molar-refractivity contribution in [2.75, 3.05) is 26.4 Å². The Morgan fingerprint density at radius 3 is 1.68 bits per heavy atom. The summed E-state index contributed by atoms with van der Waals surface area (Å²) < 4.78 is 26.8. The first-order valence-corrected chi connectivity index (χ1v) is 21.8. The number of ether oxygens (including phenoxy) is 1. The summed E-state index contributed by atoms with van der Waals surface area (Å²) in [5, 5.41) is 12.7. The van der Waals surface area contributed by atoms with Gasteiger partial charge in [0.2, 0.25) is 5.91 Å². The SMILES string of the molecule is CCC/C=C\C/C=C\CCCCCCCC(=O)OCC(O)COP(=O)(O)OCCNC(=O)CCCCCCCCCCCCCCCCCC. The molecule has 0 aliphatic heterocycles. The van der Waals surface area contributed by atoms with Crippen LogP contribution in [0.3, 0.4) is 0 Å². The molecule has 1 amide bonds. The first kappa shape index (κ1) is 48.5. The van der Waals surface area contributed by atoms with Crippen LogP contribution in [-0.2, 0) is 27.9 Å². The molecule has 0 aromatic rings. The van der Waals surface area contributed by atoms with Gasteiger partial charge in [0.1, 0.15) is 12.7 Å². The van der Waals surface area contributed by atoms with Gasteiger partial charge in [-0.3, -0.25) is 18.6 Å². The van der Waals surface area contributed by atoms with Crippen LogP contribution in [0.15, 0.2) is 24.3 Å². The normalized spacial score (nSPS) is 13.6. The number of amides is 1. The standard InChI is InChI=1S/C40H76NO8P/c1-3-5-7-9-11-13-15-17-18-19-21-22-24-26-28-30-32-39(43)41-34-35-48-50(45,46)49-37-38(42)36-47-40(44)33-31-29-27-25-23-20-16-14-12-10-8-6-4-2/h8,10,14,16,38,42H,3-7,9,11-13,15,17-37H2,1-2H3,(H,41,43)(H,45,46)/b10-8-,16-14-. The highest BCUT2D eigenvalue weighted by molar-refractivity contribution is 7.47. The molecule has 0 rings (SSSR count). The molecule has 0 heterocycles. The molecule has 294 valence electrons. The van der Waals surface area contributed by atoms with Crippen LogP contribution in [0, 0.1) is 0 Å². The molecule has 10 heteroatoms. The Hall–Kier alpha value is -1.51. The number of allylic oxidation sites excluding steroid dienone is 4. The molecule has 9 nitrogen and oxygen atoms in total. The molecule has 2 atom stereocenters. The van der Waals surface area contributed by atoms with Gasteiger partial charge in [-0.2, -0.15) is 0 Å². The monoisotopic (exact) mass is 730 g/mol. The predicted molar refractivity (Wildman–Crippen MR) is 206 cm³/mol. The minimum Gasteiger partial charge on any atom is -0.463 e. The third kappa shape index (κ3) is 37.7. The average Bonchev–Trinajstić information content (AvgIpc) is 3.10. The summed E-state index contributed by atoms with van der Waals surface area (Å²) in [6.45, 7) is 3.48. The largest absolute Gasteiger partial charge is 0.472 e. The maximum absolute atomic E-state index is 12.1. The number of aliphatic hydroxyl groups is 1. The van der Waals surface area contributed by atoms with Crippen molar-refractivity contribution in [1.82, 2.24) is 5.32 Å². The highest BCUT2D eigenvalue weighted by Crippen LogP contribution is 2.42. The molecule has 0 saturated heterocycles. The number of esters is 1. The first-order valence-electron chi connectivity index (χ1n) is 20.3. The Morgan fingerprint density at radius 2 is 1.12 bits per heavy atom. The summed E-state index contributed by atoms with van der Waals surface area (Å²) in [5.74, 6) is -0.527. The minimum atomic E-state index is -4.41. The van der Waals surface area contributed by atoms with E-state index in [9.17, 15) is 24.2 Å². The Kier molecular flexibility index (Phi) is 36.1. The second-order valence-electron chi connectivity index (χ2n) is 13.6. The zero-order valence-electron chi connectivity index (χ0n) is 32.1. The molecule has 0 aromatic heterocycles.